The monoisotopic (exact) mass is 252 g/mol. The second-order valence-corrected chi connectivity index (χ2v) is 6.23. The highest BCUT2D eigenvalue weighted by molar-refractivity contribution is 5.15. The maximum atomic E-state index is 5.33. The SMILES string of the molecule is Cc1occc1CN(C)C(C)CCNC(C)(C)C. The zero-order valence-electron chi connectivity index (χ0n) is 12.7. The minimum absolute atomic E-state index is 0.208. The number of nitrogens with zero attached hydrogens (tertiary/aromatic N) is 1. The molecule has 0 aliphatic heterocycles. The first-order chi connectivity index (χ1) is 8.29. The van der Waals surface area contributed by atoms with Crippen LogP contribution >= 0.6 is 0 Å². The van der Waals surface area contributed by atoms with Crippen molar-refractivity contribution in [3.05, 3.63) is 23.7 Å². The van der Waals surface area contributed by atoms with Crippen molar-refractivity contribution in [3.8, 4) is 0 Å². The molecule has 1 aromatic rings. The molecule has 1 unspecified atom stereocenters. The van der Waals surface area contributed by atoms with Crippen LogP contribution < -0.4 is 5.32 Å². The molecule has 0 bridgehead atoms. The largest absolute Gasteiger partial charge is 0.469 e. The minimum atomic E-state index is 0.208. The molecule has 0 fully saturated rings. The molecule has 104 valence electrons. The number of rotatable bonds is 6. The second-order valence-electron chi connectivity index (χ2n) is 6.23. The van der Waals surface area contributed by atoms with E-state index in [9.17, 15) is 0 Å². The van der Waals surface area contributed by atoms with Crippen LogP contribution in [0.1, 0.15) is 45.4 Å². The third kappa shape index (κ3) is 5.23. The van der Waals surface area contributed by atoms with Gasteiger partial charge in [-0.1, -0.05) is 0 Å². The summed E-state index contributed by atoms with van der Waals surface area (Å²) in [6, 6.07) is 2.63. The molecule has 0 radical (unpaired) electrons. The zero-order valence-corrected chi connectivity index (χ0v) is 12.7. The van der Waals surface area contributed by atoms with Crippen molar-refractivity contribution in [1.29, 1.82) is 0 Å². The van der Waals surface area contributed by atoms with E-state index in [0.29, 0.717) is 6.04 Å². The molecule has 3 heteroatoms. The first kappa shape index (κ1) is 15.3. The molecule has 0 amide bonds. The van der Waals surface area contributed by atoms with Gasteiger partial charge < -0.3 is 9.73 Å². The Morgan fingerprint density at radius 1 is 1.39 bits per heavy atom. The van der Waals surface area contributed by atoms with Gasteiger partial charge in [0.1, 0.15) is 5.76 Å². The average molecular weight is 252 g/mol. The first-order valence-corrected chi connectivity index (χ1v) is 6.78. The highest BCUT2D eigenvalue weighted by Crippen LogP contribution is 2.13. The Morgan fingerprint density at radius 3 is 2.56 bits per heavy atom. The van der Waals surface area contributed by atoms with Gasteiger partial charge in [-0.05, 0) is 60.7 Å². The van der Waals surface area contributed by atoms with Gasteiger partial charge in [0.2, 0.25) is 0 Å². The first-order valence-electron chi connectivity index (χ1n) is 6.78. The lowest BCUT2D eigenvalue weighted by atomic mass is 10.1. The Kier molecular flexibility index (Phi) is 5.42. The van der Waals surface area contributed by atoms with Gasteiger partial charge in [-0.2, -0.15) is 0 Å². The van der Waals surface area contributed by atoms with Gasteiger partial charge in [0.15, 0.2) is 0 Å². The zero-order chi connectivity index (χ0) is 13.8. The van der Waals surface area contributed by atoms with Gasteiger partial charge >= 0.3 is 0 Å². The van der Waals surface area contributed by atoms with Crippen LogP contribution in [-0.4, -0.2) is 30.1 Å². The van der Waals surface area contributed by atoms with Crippen LogP contribution in [0.4, 0.5) is 0 Å². The van der Waals surface area contributed by atoms with Gasteiger partial charge in [-0.25, -0.2) is 0 Å². The van der Waals surface area contributed by atoms with Crippen LogP contribution in [0.2, 0.25) is 0 Å². The number of nitrogens with one attached hydrogen (secondary N) is 1. The molecule has 0 saturated carbocycles. The molecule has 1 rings (SSSR count). The summed E-state index contributed by atoms with van der Waals surface area (Å²) in [6.07, 6.45) is 2.93. The van der Waals surface area contributed by atoms with E-state index in [0.717, 1.165) is 25.3 Å². The molecular weight excluding hydrogens is 224 g/mol. The van der Waals surface area contributed by atoms with Gasteiger partial charge in [0.05, 0.1) is 6.26 Å². The Hall–Kier alpha value is -0.800. The maximum Gasteiger partial charge on any atom is 0.105 e. The molecule has 1 heterocycles. The topological polar surface area (TPSA) is 28.4 Å². The molecule has 0 aliphatic carbocycles. The van der Waals surface area contributed by atoms with Crippen molar-refractivity contribution in [3.63, 3.8) is 0 Å². The molecule has 0 spiro atoms. The summed E-state index contributed by atoms with van der Waals surface area (Å²) in [5.74, 6) is 1.03. The Labute approximate surface area is 112 Å². The van der Waals surface area contributed by atoms with E-state index >= 15 is 0 Å². The van der Waals surface area contributed by atoms with E-state index in [1.54, 1.807) is 6.26 Å². The van der Waals surface area contributed by atoms with E-state index < -0.39 is 0 Å². The van der Waals surface area contributed by atoms with Crippen molar-refractivity contribution in [2.24, 2.45) is 0 Å². The second kappa shape index (κ2) is 6.39. The molecule has 18 heavy (non-hydrogen) atoms. The lowest BCUT2D eigenvalue weighted by Crippen LogP contribution is -2.39. The maximum absolute atomic E-state index is 5.33. The lowest BCUT2D eigenvalue weighted by Gasteiger charge is -2.27. The van der Waals surface area contributed by atoms with Crippen LogP contribution in [0.15, 0.2) is 16.7 Å². The van der Waals surface area contributed by atoms with Gasteiger partial charge in [-0.3, -0.25) is 4.90 Å². The van der Waals surface area contributed by atoms with Crippen LogP contribution in [0.3, 0.4) is 0 Å². The molecule has 3 nitrogen and oxygen atoms in total. The predicted octanol–water partition coefficient (Wildman–Crippen LogP) is 3.19. The van der Waals surface area contributed by atoms with E-state index in [1.165, 1.54) is 5.56 Å². The molecule has 0 aromatic carbocycles. The number of hydrogen-bond acceptors (Lipinski definition) is 3. The standard InChI is InChI=1S/C15H28N2O/c1-12(7-9-16-15(3,4)5)17(6)11-14-8-10-18-13(14)2/h8,10,12,16H,7,9,11H2,1-6H3. The highest BCUT2D eigenvalue weighted by Gasteiger charge is 2.13. The van der Waals surface area contributed by atoms with Gasteiger partial charge in [0, 0.05) is 23.7 Å². The third-order valence-corrected chi connectivity index (χ3v) is 3.36. The molecule has 0 saturated heterocycles. The molecule has 0 aliphatic rings. The van der Waals surface area contributed by atoms with Crippen LogP contribution in [0.5, 0.6) is 0 Å². The van der Waals surface area contributed by atoms with Gasteiger partial charge in [0.25, 0.3) is 0 Å². The summed E-state index contributed by atoms with van der Waals surface area (Å²) in [5.41, 5.74) is 1.49. The minimum Gasteiger partial charge on any atom is -0.469 e. The van der Waals surface area contributed by atoms with Crippen LogP contribution in [-0.2, 0) is 6.54 Å². The Balaban J connectivity index is 2.33. The van der Waals surface area contributed by atoms with Crippen LogP contribution in [0, 0.1) is 6.92 Å². The quantitative estimate of drug-likeness (QED) is 0.843. The van der Waals surface area contributed by atoms with E-state index in [4.69, 9.17) is 4.42 Å². The fourth-order valence-corrected chi connectivity index (χ4v) is 1.88. The van der Waals surface area contributed by atoms with Crippen molar-refractivity contribution in [1.82, 2.24) is 10.2 Å². The summed E-state index contributed by atoms with van der Waals surface area (Å²) in [4.78, 5) is 2.38. The summed E-state index contributed by atoms with van der Waals surface area (Å²) < 4.78 is 5.33. The highest BCUT2D eigenvalue weighted by atomic mass is 16.3. The summed E-state index contributed by atoms with van der Waals surface area (Å²) in [5, 5.41) is 3.53. The molecular formula is C15H28N2O. The fraction of sp³-hybridized carbons (Fsp3) is 0.733. The van der Waals surface area contributed by atoms with Gasteiger partial charge in [-0.15, -0.1) is 0 Å². The summed E-state index contributed by atoms with van der Waals surface area (Å²) >= 11 is 0. The predicted molar refractivity (Wildman–Crippen MR) is 76.7 cm³/mol. The van der Waals surface area contributed by atoms with Crippen LogP contribution in [0.25, 0.3) is 0 Å². The number of hydrogen-bond donors (Lipinski definition) is 1. The average Bonchev–Trinajstić information content (AvgIpc) is 2.62. The lowest BCUT2D eigenvalue weighted by molar-refractivity contribution is 0.230. The number of furan rings is 1. The molecule has 1 aromatic heterocycles. The smallest absolute Gasteiger partial charge is 0.105 e. The normalized spacial score (nSPS) is 14.2. The molecule has 1 N–H and O–H groups in total. The number of aryl methyl sites for hydroxylation is 1. The molecule has 1 atom stereocenters. The fourth-order valence-electron chi connectivity index (χ4n) is 1.88. The van der Waals surface area contributed by atoms with E-state index in [2.05, 4.69) is 51.0 Å². The Morgan fingerprint density at radius 2 is 2.06 bits per heavy atom. The van der Waals surface area contributed by atoms with E-state index in [-0.39, 0.29) is 5.54 Å². The van der Waals surface area contributed by atoms with Crippen molar-refractivity contribution >= 4 is 0 Å². The summed E-state index contributed by atoms with van der Waals surface area (Å²) in [6.45, 7) is 12.9. The summed E-state index contributed by atoms with van der Waals surface area (Å²) in [7, 11) is 2.17. The third-order valence-electron chi connectivity index (χ3n) is 3.36. The van der Waals surface area contributed by atoms with Crippen molar-refractivity contribution in [2.75, 3.05) is 13.6 Å². The van der Waals surface area contributed by atoms with Crippen molar-refractivity contribution < 1.29 is 4.42 Å². The Bertz CT molecular complexity index is 352. The van der Waals surface area contributed by atoms with E-state index in [1.807, 2.05) is 6.92 Å². The van der Waals surface area contributed by atoms with Crippen molar-refractivity contribution in [2.45, 2.75) is 59.2 Å².